The van der Waals surface area contributed by atoms with Crippen LogP contribution in [0.1, 0.15) is 33.6 Å². The van der Waals surface area contributed by atoms with Crippen molar-refractivity contribution in [3.05, 3.63) is 18.2 Å². The summed E-state index contributed by atoms with van der Waals surface area (Å²) in [5.41, 5.74) is 0. The maximum atomic E-state index is 4.48. The van der Waals surface area contributed by atoms with Crippen LogP contribution in [0.5, 0.6) is 0 Å². The molecule has 1 aromatic rings. The average molecular weight is 207 g/mol. The summed E-state index contributed by atoms with van der Waals surface area (Å²) < 4.78 is 0. The molecule has 0 spiro atoms. The Kier molecular flexibility index (Phi) is 4.95. The lowest BCUT2D eigenvalue weighted by molar-refractivity contribution is 0.669. The Balaban J connectivity index is 2.64. The molecule has 1 heterocycles. The predicted octanol–water partition coefficient (Wildman–Crippen LogP) is 3.11. The summed E-state index contributed by atoms with van der Waals surface area (Å²) in [5.74, 6) is 1.90. The maximum Gasteiger partial charge on any atom is 0.128 e. The van der Waals surface area contributed by atoms with E-state index in [1.165, 1.54) is 0 Å². The minimum absolute atomic E-state index is 0.523. The summed E-state index contributed by atoms with van der Waals surface area (Å²) in [7, 11) is 0. The lowest BCUT2D eigenvalue weighted by Crippen LogP contribution is -2.18. The van der Waals surface area contributed by atoms with Crippen molar-refractivity contribution in [1.82, 2.24) is 4.98 Å². The molecule has 0 aromatic carbocycles. The highest BCUT2D eigenvalue weighted by molar-refractivity contribution is 5.45. The molecule has 0 saturated carbocycles. The van der Waals surface area contributed by atoms with Gasteiger partial charge in [0, 0.05) is 12.6 Å². The maximum absolute atomic E-state index is 4.48. The molecule has 0 aliphatic heterocycles. The van der Waals surface area contributed by atoms with Crippen LogP contribution >= 0.6 is 0 Å². The van der Waals surface area contributed by atoms with Crippen LogP contribution in [-0.2, 0) is 0 Å². The van der Waals surface area contributed by atoms with Gasteiger partial charge in [-0.15, -0.1) is 0 Å². The third kappa shape index (κ3) is 3.78. The van der Waals surface area contributed by atoms with E-state index in [-0.39, 0.29) is 0 Å². The van der Waals surface area contributed by atoms with Gasteiger partial charge in [0.1, 0.15) is 11.6 Å². The molecule has 3 heteroatoms. The molecule has 15 heavy (non-hydrogen) atoms. The largest absolute Gasteiger partial charge is 0.370 e. The van der Waals surface area contributed by atoms with Gasteiger partial charge in [-0.1, -0.05) is 19.9 Å². The molecule has 0 radical (unpaired) electrons. The first-order valence-electron chi connectivity index (χ1n) is 5.77. The Hall–Kier alpha value is -1.25. The highest BCUT2D eigenvalue weighted by atomic mass is 15.1. The van der Waals surface area contributed by atoms with Crippen molar-refractivity contribution < 1.29 is 0 Å². The molecular formula is C12H21N3. The van der Waals surface area contributed by atoms with Crippen LogP contribution < -0.4 is 10.6 Å². The summed E-state index contributed by atoms with van der Waals surface area (Å²) in [4.78, 5) is 4.48. The Morgan fingerprint density at radius 2 is 1.80 bits per heavy atom. The smallest absolute Gasteiger partial charge is 0.128 e. The summed E-state index contributed by atoms with van der Waals surface area (Å²) >= 11 is 0. The van der Waals surface area contributed by atoms with Crippen LogP contribution in [0.15, 0.2) is 18.2 Å². The Labute approximate surface area is 92.3 Å². The van der Waals surface area contributed by atoms with Crippen LogP contribution in [0, 0.1) is 0 Å². The lowest BCUT2D eigenvalue weighted by Gasteiger charge is -2.15. The van der Waals surface area contributed by atoms with Crippen molar-refractivity contribution in [2.75, 3.05) is 17.2 Å². The Bertz CT molecular complexity index is 282. The molecule has 2 N–H and O–H groups in total. The normalized spacial score (nSPS) is 10.4. The molecule has 84 valence electrons. The number of hydrogen-bond acceptors (Lipinski definition) is 3. The minimum atomic E-state index is 0.523. The fraction of sp³-hybridized carbons (Fsp3) is 0.583. The highest BCUT2D eigenvalue weighted by Crippen LogP contribution is 2.12. The molecule has 1 rings (SSSR count). The van der Waals surface area contributed by atoms with E-state index in [9.17, 15) is 0 Å². The van der Waals surface area contributed by atoms with Gasteiger partial charge in [-0.05, 0) is 31.9 Å². The quantitative estimate of drug-likeness (QED) is 0.752. The molecule has 0 unspecified atom stereocenters. The molecule has 0 aliphatic rings. The second-order valence-electron chi connectivity index (χ2n) is 3.60. The first-order valence-corrected chi connectivity index (χ1v) is 5.77. The number of pyridine rings is 1. The second-order valence-corrected chi connectivity index (χ2v) is 3.60. The van der Waals surface area contributed by atoms with Gasteiger partial charge in [-0.2, -0.15) is 0 Å². The average Bonchev–Trinajstić information content (AvgIpc) is 2.27. The van der Waals surface area contributed by atoms with Gasteiger partial charge in [0.15, 0.2) is 0 Å². The van der Waals surface area contributed by atoms with E-state index in [1.807, 2.05) is 18.2 Å². The van der Waals surface area contributed by atoms with Gasteiger partial charge in [0.05, 0.1) is 0 Å². The van der Waals surface area contributed by atoms with E-state index in [4.69, 9.17) is 0 Å². The Morgan fingerprint density at radius 3 is 2.40 bits per heavy atom. The molecule has 0 amide bonds. The van der Waals surface area contributed by atoms with E-state index < -0.39 is 0 Å². The zero-order chi connectivity index (χ0) is 11.1. The van der Waals surface area contributed by atoms with Gasteiger partial charge >= 0.3 is 0 Å². The first-order chi connectivity index (χ1) is 7.30. The Morgan fingerprint density at radius 1 is 1.13 bits per heavy atom. The van der Waals surface area contributed by atoms with Crippen LogP contribution in [0.2, 0.25) is 0 Å². The van der Waals surface area contributed by atoms with E-state index in [0.717, 1.165) is 31.0 Å². The number of nitrogens with zero attached hydrogens (tertiary/aromatic N) is 1. The number of anilines is 2. The number of nitrogens with one attached hydrogen (secondary N) is 2. The standard InChI is InChI=1S/C12H21N3/c1-4-10(5-2)14-12-9-7-8-11(15-12)13-6-3/h7-10H,4-6H2,1-3H3,(H2,13,14,15). The first kappa shape index (κ1) is 11.8. The summed E-state index contributed by atoms with van der Waals surface area (Å²) in [6.45, 7) is 7.36. The number of rotatable bonds is 6. The third-order valence-corrected chi connectivity index (χ3v) is 2.44. The van der Waals surface area contributed by atoms with E-state index in [1.54, 1.807) is 0 Å². The molecule has 0 saturated heterocycles. The van der Waals surface area contributed by atoms with Crippen molar-refractivity contribution >= 4 is 11.6 Å². The van der Waals surface area contributed by atoms with Crippen LogP contribution in [0.3, 0.4) is 0 Å². The van der Waals surface area contributed by atoms with Crippen LogP contribution in [0.25, 0.3) is 0 Å². The fourth-order valence-electron chi connectivity index (χ4n) is 1.50. The van der Waals surface area contributed by atoms with Crippen molar-refractivity contribution in [2.45, 2.75) is 39.7 Å². The van der Waals surface area contributed by atoms with Crippen molar-refractivity contribution in [1.29, 1.82) is 0 Å². The van der Waals surface area contributed by atoms with Crippen LogP contribution in [-0.4, -0.2) is 17.6 Å². The van der Waals surface area contributed by atoms with Crippen molar-refractivity contribution in [3.8, 4) is 0 Å². The van der Waals surface area contributed by atoms with Gasteiger partial charge in [0.2, 0.25) is 0 Å². The molecular weight excluding hydrogens is 186 g/mol. The van der Waals surface area contributed by atoms with E-state index in [0.29, 0.717) is 6.04 Å². The molecule has 3 nitrogen and oxygen atoms in total. The molecule has 1 aromatic heterocycles. The fourth-order valence-corrected chi connectivity index (χ4v) is 1.50. The minimum Gasteiger partial charge on any atom is -0.370 e. The predicted molar refractivity (Wildman–Crippen MR) is 66.4 cm³/mol. The zero-order valence-electron chi connectivity index (χ0n) is 9.88. The summed E-state index contributed by atoms with van der Waals surface area (Å²) in [5, 5.41) is 6.63. The third-order valence-electron chi connectivity index (χ3n) is 2.44. The van der Waals surface area contributed by atoms with Crippen LogP contribution in [0.4, 0.5) is 11.6 Å². The van der Waals surface area contributed by atoms with Crippen molar-refractivity contribution in [3.63, 3.8) is 0 Å². The monoisotopic (exact) mass is 207 g/mol. The lowest BCUT2D eigenvalue weighted by atomic mass is 10.2. The summed E-state index contributed by atoms with van der Waals surface area (Å²) in [6.07, 6.45) is 2.26. The molecule has 0 fully saturated rings. The highest BCUT2D eigenvalue weighted by Gasteiger charge is 2.03. The number of hydrogen-bond donors (Lipinski definition) is 2. The van der Waals surface area contributed by atoms with Gasteiger partial charge in [-0.25, -0.2) is 4.98 Å². The van der Waals surface area contributed by atoms with Gasteiger partial charge in [-0.3, -0.25) is 0 Å². The van der Waals surface area contributed by atoms with E-state index >= 15 is 0 Å². The SMILES string of the molecule is CCNc1cccc(NC(CC)CC)n1. The van der Waals surface area contributed by atoms with Gasteiger partial charge in [0.25, 0.3) is 0 Å². The van der Waals surface area contributed by atoms with E-state index in [2.05, 4.69) is 36.4 Å². The molecule has 0 bridgehead atoms. The zero-order valence-corrected chi connectivity index (χ0v) is 9.88. The molecule has 0 aliphatic carbocycles. The van der Waals surface area contributed by atoms with Gasteiger partial charge < -0.3 is 10.6 Å². The molecule has 0 atom stereocenters. The summed E-state index contributed by atoms with van der Waals surface area (Å²) in [6, 6.07) is 6.55. The number of aromatic nitrogens is 1. The second kappa shape index (κ2) is 6.27. The van der Waals surface area contributed by atoms with Crippen molar-refractivity contribution in [2.24, 2.45) is 0 Å². The topological polar surface area (TPSA) is 37.0 Å².